The lowest BCUT2D eigenvalue weighted by atomic mass is 10.1. The van der Waals surface area contributed by atoms with Crippen molar-refractivity contribution in [1.82, 2.24) is 0 Å². The summed E-state index contributed by atoms with van der Waals surface area (Å²) in [7, 11) is 0. The number of nitrogens with zero attached hydrogens (tertiary/aromatic N) is 1. The van der Waals surface area contributed by atoms with Gasteiger partial charge in [0.25, 0.3) is 0 Å². The van der Waals surface area contributed by atoms with E-state index in [1.54, 1.807) is 29.6 Å². The van der Waals surface area contributed by atoms with Gasteiger partial charge in [-0.15, -0.1) is 11.8 Å². The molecule has 2 atom stereocenters. The second kappa shape index (κ2) is 9.39. The van der Waals surface area contributed by atoms with Crippen LogP contribution in [0.2, 0.25) is 0 Å². The fourth-order valence-electron chi connectivity index (χ4n) is 3.01. The average Bonchev–Trinajstić information content (AvgIpc) is 3.20. The van der Waals surface area contributed by atoms with Crippen LogP contribution in [0, 0.1) is 6.92 Å². The van der Waals surface area contributed by atoms with Gasteiger partial charge in [0.1, 0.15) is 5.75 Å². The van der Waals surface area contributed by atoms with E-state index in [0.29, 0.717) is 17.9 Å². The minimum atomic E-state index is -4.35. The number of carbonyl (C=O) groups is 1. The third-order valence-electron chi connectivity index (χ3n) is 5.01. The fraction of sp³-hybridized carbons (Fsp3) is 0.391. The van der Waals surface area contributed by atoms with E-state index >= 15 is 0 Å². The number of aryl methyl sites for hydroxylation is 1. The van der Waals surface area contributed by atoms with Crippen LogP contribution in [0.3, 0.4) is 0 Å². The summed E-state index contributed by atoms with van der Waals surface area (Å²) in [5, 5.41) is 10.4. The molecule has 32 heavy (non-hydrogen) atoms. The van der Waals surface area contributed by atoms with Crippen molar-refractivity contribution in [3.8, 4) is 5.75 Å². The zero-order chi connectivity index (χ0) is 23.7. The van der Waals surface area contributed by atoms with Gasteiger partial charge >= 0.3 is 12.1 Å². The third kappa shape index (κ3) is 5.81. The quantitative estimate of drug-likeness (QED) is 0.469. The van der Waals surface area contributed by atoms with E-state index in [0.717, 1.165) is 27.6 Å². The first-order valence-electron chi connectivity index (χ1n) is 9.95. The van der Waals surface area contributed by atoms with E-state index < -0.39 is 23.3 Å². The van der Waals surface area contributed by atoms with Crippen LogP contribution in [0.15, 0.2) is 52.4 Å². The van der Waals surface area contributed by atoms with Gasteiger partial charge < -0.3 is 9.84 Å². The first-order chi connectivity index (χ1) is 14.9. The topological polar surface area (TPSA) is 58.9 Å². The predicted molar refractivity (Wildman–Crippen MR) is 123 cm³/mol. The van der Waals surface area contributed by atoms with E-state index in [9.17, 15) is 23.1 Å². The molecule has 0 saturated carbocycles. The highest BCUT2D eigenvalue weighted by Gasteiger charge is 2.32. The summed E-state index contributed by atoms with van der Waals surface area (Å²) in [6.45, 7) is 7.58. The van der Waals surface area contributed by atoms with Gasteiger partial charge in [-0.3, -0.25) is 4.99 Å². The van der Waals surface area contributed by atoms with E-state index in [-0.39, 0.29) is 10.5 Å². The standard InChI is InChI=1S/C23H24F3NO3S2/c1-13-11-17(9-10-18(13)30-22(3,4)21(28)29)31-14(2)19-12-27-20(32-19)15-5-7-16(8-6-15)23(24,25)26/h5-11,14,19H,12H2,1-4H3,(H,28,29). The normalized spacial score (nSPS) is 17.7. The molecule has 2 unspecified atom stereocenters. The van der Waals surface area contributed by atoms with Crippen LogP contribution < -0.4 is 4.74 Å². The number of hydrogen-bond acceptors (Lipinski definition) is 5. The molecule has 0 saturated heterocycles. The van der Waals surface area contributed by atoms with Gasteiger partial charge in [-0.1, -0.05) is 30.8 Å². The number of carboxylic acids is 1. The Bertz CT molecular complexity index is 1020. The smallest absolute Gasteiger partial charge is 0.416 e. The van der Waals surface area contributed by atoms with Crippen molar-refractivity contribution in [2.45, 2.75) is 54.9 Å². The summed E-state index contributed by atoms with van der Waals surface area (Å²) in [6, 6.07) is 10.8. The molecule has 0 amide bonds. The Labute approximate surface area is 193 Å². The molecule has 0 spiro atoms. The van der Waals surface area contributed by atoms with Gasteiger partial charge in [-0.2, -0.15) is 13.2 Å². The summed E-state index contributed by atoms with van der Waals surface area (Å²) in [6.07, 6.45) is -4.35. The number of aliphatic imine (C=N–C) groups is 1. The highest BCUT2D eigenvalue weighted by Crippen LogP contribution is 2.38. The van der Waals surface area contributed by atoms with Crippen molar-refractivity contribution < 1.29 is 27.8 Å². The van der Waals surface area contributed by atoms with Gasteiger partial charge in [0.2, 0.25) is 0 Å². The third-order valence-corrected chi connectivity index (χ3v) is 7.86. The number of rotatable bonds is 7. The summed E-state index contributed by atoms with van der Waals surface area (Å²) < 4.78 is 44.0. The van der Waals surface area contributed by atoms with Gasteiger partial charge in [0.05, 0.1) is 17.2 Å². The van der Waals surface area contributed by atoms with Crippen molar-refractivity contribution >= 4 is 34.5 Å². The highest BCUT2D eigenvalue weighted by molar-refractivity contribution is 8.16. The van der Waals surface area contributed by atoms with Crippen molar-refractivity contribution in [3.63, 3.8) is 0 Å². The molecule has 172 valence electrons. The molecule has 3 rings (SSSR count). The van der Waals surface area contributed by atoms with Crippen molar-refractivity contribution in [2.24, 2.45) is 4.99 Å². The molecular weight excluding hydrogens is 459 g/mol. The molecule has 0 bridgehead atoms. The molecule has 0 radical (unpaired) electrons. The summed E-state index contributed by atoms with van der Waals surface area (Å²) in [5.74, 6) is -0.511. The predicted octanol–water partition coefficient (Wildman–Crippen LogP) is 6.30. The maximum Gasteiger partial charge on any atom is 0.416 e. The minimum Gasteiger partial charge on any atom is -0.478 e. The second-order valence-corrected chi connectivity index (χ2v) is 10.7. The zero-order valence-electron chi connectivity index (χ0n) is 18.1. The second-order valence-electron chi connectivity index (χ2n) is 8.05. The van der Waals surface area contributed by atoms with Crippen molar-refractivity contribution in [3.05, 3.63) is 59.2 Å². The van der Waals surface area contributed by atoms with Crippen LogP contribution in [0.4, 0.5) is 13.2 Å². The fourth-order valence-corrected chi connectivity index (χ4v) is 5.46. The molecule has 1 heterocycles. The molecule has 0 fully saturated rings. The average molecular weight is 484 g/mol. The Morgan fingerprint density at radius 1 is 1.22 bits per heavy atom. The molecule has 0 aromatic heterocycles. The largest absolute Gasteiger partial charge is 0.478 e. The Morgan fingerprint density at radius 2 is 1.88 bits per heavy atom. The number of thioether (sulfide) groups is 2. The molecule has 1 aliphatic rings. The first kappa shape index (κ1) is 24.5. The minimum absolute atomic E-state index is 0.194. The van der Waals surface area contributed by atoms with Crippen LogP contribution >= 0.6 is 23.5 Å². The van der Waals surface area contributed by atoms with E-state index in [1.807, 2.05) is 19.1 Å². The molecule has 1 N–H and O–H groups in total. The molecular formula is C23H24F3NO3S2. The number of aliphatic carboxylic acids is 1. The summed E-state index contributed by atoms with van der Waals surface area (Å²) >= 11 is 3.26. The Balaban J connectivity index is 1.61. The monoisotopic (exact) mass is 483 g/mol. The van der Waals surface area contributed by atoms with E-state index in [1.165, 1.54) is 26.0 Å². The molecule has 2 aromatic rings. The molecule has 1 aliphatic heterocycles. The number of ether oxygens (including phenoxy) is 1. The van der Waals surface area contributed by atoms with Crippen LogP contribution in [0.25, 0.3) is 0 Å². The van der Waals surface area contributed by atoms with Crippen LogP contribution in [-0.4, -0.2) is 38.8 Å². The summed E-state index contributed by atoms with van der Waals surface area (Å²) in [4.78, 5) is 16.9. The van der Waals surface area contributed by atoms with Crippen LogP contribution in [0.5, 0.6) is 5.75 Å². The van der Waals surface area contributed by atoms with Gasteiger partial charge in [0.15, 0.2) is 5.60 Å². The Morgan fingerprint density at radius 3 is 2.44 bits per heavy atom. The maximum absolute atomic E-state index is 12.8. The Kier molecular flexibility index (Phi) is 7.19. The molecule has 0 aliphatic carbocycles. The number of alkyl halides is 3. The summed E-state index contributed by atoms with van der Waals surface area (Å²) in [5.41, 5.74) is -0.447. The lowest BCUT2D eigenvalue weighted by Gasteiger charge is -2.23. The molecule has 2 aromatic carbocycles. The molecule has 9 heteroatoms. The number of hydrogen-bond donors (Lipinski definition) is 1. The number of benzene rings is 2. The SMILES string of the molecule is Cc1cc(SC(C)C2CN=C(c3ccc(C(F)(F)F)cc3)S2)ccc1OC(C)(C)C(=O)O. The Hall–Kier alpha value is -2.13. The maximum atomic E-state index is 12.8. The lowest BCUT2D eigenvalue weighted by Crippen LogP contribution is -2.38. The van der Waals surface area contributed by atoms with Gasteiger partial charge in [-0.25, -0.2) is 4.79 Å². The van der Waals surface area contributed by atoms with Crippen LogP contribution in [0.1, 0.15) is 37.5 Å². The van der Waals surface area contributed by atoms with Crippen molar-refractivity contribution in [2.75, 3.05) is 6.54 Å². The van der Waals surface area contributed by atoms with Crippen molar-refractivity contribution in [1.29, 1.82) is 0 Å². The number of carboxylic acid groups (broad SMARTS) is 1. The van der Waals surface area contributed by atoms with E-state index in [4.69, 9.17) is 4.74 Å². The van der Waals surface area contributed by atoms with Gasteiger partial charge in [0, 0.05) is 21.0 Å². The van der Waals surface area contributed by atoms with Crippen LogP contribution in [-0.2, 0) is 11.0 Å². The van der Waals surface area contributed by atoms with E-state index in [2.05, 4.69) is 11.9 Å². The molecule has 4 nitrogen and oxygen atoms in total. The number of halogens is 3. The van der Waals surface area contributed by atoms with Gasteiger partial charge in [-0.05, 0) is 56.7 Å². The highest BCUT2D eigenvalue weighted by atomic mass is 32.2. The first-order valence-corrected chi connectivity index (χ1v) is 11.7. The lowest BCUT2D eigenvalue weighted by molar-refractivity contribution is -0.152. The zero-order valence-corrected chi connectivity index (χ0v) is 19.7.